The quantitative estimate of drug-likeness (QED) is 0.199. The molecule has 1 amide bonds. The van der Waals surface area contributed by atoms with Crippen molar-refractivity contribution in [1.29, 1.82) is 0 Å². The Hall–Kier alpha value is -5.05. The van der Waals surface area contributed by atoms with Gasteiger partial charge in [0.15, 0.2) is 21.3 Å². The van der Waals surface area contributed by atoms with Crippen molar-refractivity contribution in [3.8, 4) is 33.8 Å². The first-order valence-corrected chi connectivity index (χ1v) is 15.4. The van der Waals surface area contributed by atoms with Gasteiger partial charge in [-0.1, -0.05) is 6.07 Å². The van der Waals surface area contributed by atoms with Crippen molar-refractivity contribution in [1.82, 2.24) is 35.0 Å². The molecule has 2 aromatic carbocycles. The van der Waals surface area contributed by atoms with Gasteiger partial charge in [0.05, 0.1) is 23.9 Å². The van der Waals surface area contributed by atoms with E-state index >= 15 is 0 Å². The molecule has 0 aliphatic carbocycles. The third-order valence-corrected chi connectivity index (χ3v) is 8.20. The van der Waals surface area contributed by atoms with E-state index in [4.69, 9.17) is 10.7 Å². The van der Waals surface area contributed by atoms with Crippen LogP contribution in [0.5, 0.6) is 0 Å². The number of benzene rings is 2. The van der Waals surface area contributed by atoms with E-state index in [0.29, 0.717) is 39.5 Å². The average Bonchev–Trinajstić information content (AvgIpc) is 3.59. The third kappa shape index (κ3) is 5.77. The van der Waals surface area contributed by atoms with Gasteiger partial charge in [-0.3, -0.25) is 14.9 Å². The van der Waals surface area contributed by atoms with E-state index in [0.717, 1.165) is 34.4 Å². The molecular formula is C30H28FN9O3S. The van der Waals surface area contributed by atoms with Crippen LogP contribution in [-0.2, 0) is 14.6 Å². The number of aromatic nitrogens is 6. The number of amides is 1. The van der Waals surface area contributed by atoms with Gasteiger partial charge in [-0.25, -0.2) is 22.8 Å². The molecule has 1 unspecified atom stereocenters. The highest BCUT2D eigenvalue weighted by molar-refractivity contribution is 7.90. The molecule has 44 heavy (non-hydrogen) atoms. The fourth-order valence-electron chi connectivity index (χ4n) is 4.96. The maximum atomic E-state index is 14.6. The fourth-order valence-corrected chi connectivity index (χ4v) is 5.59. The minimum absolute atomic E-state index is 0.130. The van der Waals surface area contributed by atoms with E-state index in [1.807, 2.05) is 38.4 Å². The highest BCUT2D eigenvalue weighted by Crippen LogP contribution is 2.34. The monoisotopic (exact) mass is 613 g/mol. The number of likely N-dealkylation sites (N-methyl/N-ethyl adjacent to an activating group) is 1. The van der Waals surface area contributed by atoms with Crippen molar-refractivity contribution >= 4 is 43.5 Å². The normalized spacial score (nSPS) is 12.7. The van der Waals surface area contributed by atoms with Crippen LogP contribution in [0.4, 0.5) is 10.1 Å². The van der Waals surface area contributed by atoms with Crippen LogP contribution in [0.3, 0.4) is 0 Å². The van der Waals surface area contributed by atoms with Crippen molar-refractivity contribution in [3.63, 3.8) is 0 Å². The summed E-state index contributed by atoms with van der Waals surface area (Å²) in [6, 6.07) is 13.2. The Labute approximate surface area is 251 Å². The maximum absolute atomic E-state index is 14.6. The number of H-pyrrole nitrogens is 2. The van der Waals surface area contributed by atoms with Crippen LogP contribution >= 0.6 is 0 Å². The SMILES string of the molecule is CN(C)CC(=O)Nc1cncc(-c2ccc3[nH]nc(-c4nc5c(-c6cc(F)cc(C(N)S(C)(=O)=O)c6)ccnc5[nH]4)c3c2)c1. The molecule has 0 saturated heterocycles. The second-order valence-corrected chi connectivity index (χ2v) is 12.9. The summed E-state index contributed by atoms with van der Waals surface area (Å²) >= 11 is 0. The number of anilines is 1. The molecule has 1 atom stereocenters. The first kappa shape index (κ1) is 29.0. The number of sulfone groups is 1. The lowest BCUT2D eigenvalue weighted by Gasteiger charge is -2.12. The number of nitrogens with zero attached hydrogens (tertiary/aromatic N) is 5. The number of nitrogens with two attached hydrogens (primary N) is 1. The number of rotatable bonds is 8. The minimum Gasteiger partial charge on any atom is -0.324 e. The molecule has 14 heteroatoms. The van der Waals surface area contributed by atoms with Gasteiger partial charge in [-0.05, 0) is 73.3 Å². The Morgan fingerprint density at radius 2 is 1.89 bits per heavy atom. The molecule has 0 aliphatic heterocycles. The summed E-state index contributed by atoms with van der Waals surface area (Å²) in [5.41, 5.74) is 11.4. The van der Waals surface area contributed by atoms with Gasteiger partial charge in [-0.15, -0.1) is 0 Å². The van der Waals surface area contributed by atoms with Crippen LogP contribution in [0.15, 0.2) is 67.1 Å². The van der Waals surface area contributed by atoms with Gasteiger partial charge in [0.2, 0.25) is 5.91 Å². The lowest BCUT2D eigenvalue weighted by Crippen LogP contribution is -2.27. The first-order valence-electron chi connectivity index (χ1n) is 13.4. The summed E-state index contributed by atoms with van der Waals surface area (Å²) in [6.07, 6.45) is 5.86. The number of hydrogen-bond acceptors (Lipinski definition) is 9. The van der Waals surface area contributed by atoms with Crippen molar-refractivity contribution in [2.75, 3.05) is 32.2 Å². The average molecular weight is 614 g/mol. The zero-order chi connectivity index (χ0) is 31.2. The van der Waals surface area contributed by atoms with Gasteiger partial charge < -0.3 is 20.9 Å². The van der Waals surface area contributed by atoms with Crippen LogP contribution in [0.2, 0.25) is 0 Å². The van der Waals surface area contributed by atoms with Crippen molar-refractivity contribution in [2.24, 2.45) is 5.73 Å². The number of fused-ring (bicyclic) bond motifs is 2. The van der Waals surface area contributed by atoms with Crippen molar-refractivity contribution < 1.29 is 17.6 Å². The summed E-state index contributed by atoms with van der Waals surface area (Å²) in [5.74, 6) is -0.346. The van der Waals surface area contributed by atoms with E-state index in [2.05, 4.69) is 30.5 Å². The van der Waals surface area contributed by atoms with Gasteiger partial charge in [0.25, 0.3) is 0 Å². The van der Waals surface area contributed by atoms with Gasteiger partial charge >= 0.3 is 0 Å². The number of hydrogen-bond donors (Lipinski definition) is 4. The van der Waals surface area contributed by atoms with Crippen LogP contribution in [0.25, 0.3) is 55.8 Å². The highest BCUT2D eigenvalue weighted by Gasteiger charge is 2.21. The van der Waals surface area contributed by atoms with Crippen LogP contribution < -0.4 is 11.1 Å². The molecule has 0 bridgehead atoms. The summed E-state index contributed by atoms with van der Waals surface area (Å²) in [4.78, 5) is 30.7. The number of pyridine rings is 2. The molecule has 0 fully saturated rings. The van der Waals surface area contributed by atoms with Crippen molar-refractivity contribution in [3.05, 3.63) is 78.5 Å². The standard InChI is InChI=1S/C30H28FN9O3S/c1-40(2)15-25(41)35-21-11-19(13-33-14-21)16-4-5-24-23(12-16)27(39-38-24)30-36-26-22(6-7-34-29(26)37-30)17-8-18(10-20(31)9-17)28(32)44(3,42)43/h4-14,28H,15,32H2,1-3H3,(H,35,41)(H,38,39)(H,34,36,37). The topological polar surface area (TPSA) is 176 Å². The lowest BCUT2D eigenvalue weighted by molar-refractivity contribution is -0.116. The fraction of sp³-hybridized carbons (Fsp3) is 0.167. The second-order valence-electron chi connectivity index (χ2n) is 10.7. The maximum Gasteiger partial charge on any atom is 0.238 e. The zero-order valence-electron chi connectivity index (χ0n) is 24.0. The van der Waals surface area contributed by atoms with E-state index in [1.54, 1.807) is 35.6 Å². The Balaban J connectivity index is 1.39. The van der Waals surface area contributed by atoms with Gasteiger partial charge in [0, 0.05) is 35.2 Å². The van der Waals surface area contributed by atoms with Crippen molar-refractivity contribution in [2.45, 2.75) is 5.37 Å². The number of carbonyl (C=O) groups is 1. The minimum atomic E-state index is -3.66. The summed E-state index contributed by atoms with van der Waals surface area (Å²) in [7, 11) is -0.0164. The van der Waals surface area contributed by atoms with Gasteiger partial charge in [-0.2, -0.15) is 5.10 Å². The Morgan fingerprint density at radius 3 is 2.66 bits per heavy atom. The number of carbonyl (C=O) groups excluding carboxylic acids is 1. The predicted octanol–water partition coefficient (Wildman–Crippen LogP) is 3.87. The van der Waals surface area contributed by atoms with Gasteiger partial charge in [0.1, 0.15) is 22.4 Å². The molecule has 0 aliphatic rings. The lowest BCUT2D eigenvalue weighted by atomic mass is 10.0. The number of nitrogens with one attached hydrogen (secondary N) is 3. The third-order valence-electron chi connectivity index (χ3n) is 7.01. The first-order chi connectivity index (χ1) is 21.0. The molecule has 224 valence electrons. The molecule has 6 aromatic rings. The molecule has 0 radical (unpaired) electrons. The van der Waals surface area contributed by atoms with E-state index in [1.165, 1.54) is 6.07 Å². The molecule has 6 rings (SSSR count). The zero-order valence-corrected chi connectivity index (χ0v) is 24.8. The van der Waals surface area contributed by atoms with Crippen LogP contribution in [0.1, 0.15) is 10.9 Å². The summed E-state index contributed by atoms with van der Waals surface area (Å²) in [5, 5.41) is 9.78. The molecule has 4 heterocycles. The largest absolute Gasteiger partial charge is 0.324 e. The molecule has 4 aromatic heterocycles. The molecule has 5 N–H and O–H groups in total. The van der Waals surface area contributed by atoms with Crippen LogP contribution in [-0.4, -0.2) is 76.3 Å². The Bertz CT molecular complexity index is 2160. The van der Waals surface area contributed by atoms with Crippen LogP contribution in [0, 0.1) is 5.82 Å². The molecule has 12 nitrogen and oxygen atoms in total. The summed E-state index contributed by atoms with van der Waals surface area (Å²) < 4.78 is 38.7. The summed E-state index contributed by atoms with van der Waals surface area (Å²) in [6.45, 7) is 0.247. The van der Waals surface area contributed by atoms with E-state index in [-0.39, 0.29) is 18.0 Å². The predicted molar refractivity (Wildman–Crippen MR) is 167 cm³/mol. The van der Waals surface area contributed by atoms with E-state index < -0.39 is 21.0 Å². The molecule has 0 saturated carbocycles. The highest BCUT2D eigenvalue weighted by atomic mass is 32.2. The smallest absolute Gasteiger partial charge is 0.238 e. The number of halogens is 1. The Morgan fingerprint density at radius 1 is 1.07 bits per heavy atom. The molecular weight excluding hydrogens is 585 g/mol. The number of aromatic amines is 2. The number of imidazole rings is 1. The second kappa shape index (κ2) is 11.2. The Kier molecular flexibility index (Phi) is 7.41. The van der Waals surface area contributed by atoms with E-state index in [9.17, 15) is 17.6 Å². The molecule has 0 spiro atoms.